The Morgan fingerprint density at radius 2 is 1.91 bits per heavy atom. The first-order valence-electron chi connectivity index (χ1n) is 9.77. The van der Waals surface area contributed by atoms with Gasteiger partial charge in [0.1, 0.15) is 4.83 Å². The molecule has 1 atom stereocenters. The van der Waals surface area contributed by atoms with Gasteiger partial charge < -0.3 is 5.32 Å². The van der Waals surface area contributed by atoms with Crippen LogP contribution in [0.3, 0.4) is 0 Å². The first-order valence-corrected chi connectivity index (χ1v) is 12.5. The molecule has 3 N–H and O–H groups in total. The maximum Gasteiger partial charge on any atom is 0.261 e. The highest BCUT2D eigenvalue weighted by Gasteiger charge is 2.19. The minimum Gasteiger partial charge on any atom is -0.345 e. The first kappa shape index (κ1) is 22.5. The molecule has 0 bridgehead atoms. The molecule has 0 saturated carbocycles. The number of sulfonamides is 1. The van der Waals surface area contributed by atoms with Crippen LogP contribution in [-0.2, 0) is 16.6 Å². The maximum absolute atomic E-state index is 12.9. The van der Waals surface area contributed by atoms with Gasteiger partial charge in [0.05, 0.1) is 28.1 Å². The van der Waals surface area contributed by atoms with Crippen molar-refractivity contribution >= 4 is 49.1 Å². The molecule has 4 rings (SSSR count). The van der Waals surface area contributed by atoms with Crippen LogP contribution in [0, 0.1) is 6.92 Å². The Morgan fingerprint density at radius 3 is 2.56 bits per heavy atom. The second-order valence-electron chi connectivity index (χ2n) is 7.47. The number of hydrogen-bond acceptors (Lipinski definition) is 5. The van der Waals surface area contributed by atoms with E-state index in [9.17, 15) is 13.2 Å². The van der Waals surface area contributed by atoms with Gasteiger partial charge >= 0.3 is 0 Å². The average molecular weight is 489 g/mol. The number of nitrogens with zero attached hydrogens (tertiary/aromatic N) is 2. The summed E-state index contributed by atoms with van der Waals surface area (Å²) in [6.07, 6.45) is 0. The zero-order valence-corrected chi connectivity index (χ0v) is 19.8. The number of amides is 1. The minimum atomic E-state index is -3.76. The van der Waals surface area contributed by atoms with Crippen LogP contribution in [0.15, 0.2) is 59.5 Å². The molecule has 2 aromatic heterocycles. The summed E-state index contributed by atoms with van der Waals surface area (Å²) in [5.74, 6) is -0.210. The Kier molecular flexibility index (Phi) is 6.09. The topological polar surface area (TPSA) is 107 Å². The van der Waals surface area contributed by atoms with Gasteiger partial charge in [-0.25, -0.2) is 13.6 Å². The molecule has 0 aliphatic carbocycles. The Hall–Kier alpha value is -2.72. The summed E-state index contributed by atoms with van der Waals surface area (Å²) in [5, 5.41) is 14.3. The largest absolute Gasteiger partial charge is 0.345 e. The van der Waals surface area contributed by atoms with Gasteiger partial charge in [0.15, 0.2) is 0 Å². The van der Waals surface area contributed by atoms with E-state index < -0.39 is 10.0 Å². The highest BCUT2D eigenvalue weighted by molar-refractivity contribution is 7.89. The van der Waals surface area contributed by atoms with Gasteiger partial charge in [0.25, 0.3) is 5.91 Å². The summed E-state index contributed by atoms with van der Waals surface area (Å²) >= 11 is 7.67. The van der Waals surface area contributed by atoms with Crippen molar-refractivity contribution < 1.29 is 13.2 Å². The van der Waals surface area contributed by atoms with Crippen LogP contribution >= 0.6 is 22.9 Å². The molecule has 10 heteroatoms. The third-order valence-electron chi connectivity index (χ3n) is 5.17. The van der Waals surface area contributed by atoms with Crippen molar-refractivity contribution in [3.8, 4) is 0 Å². The molecule has 0 radical (unpaired) electrons. The van der Waals surface area contributed by atoms with Crippen LogP contribution in [0.25, 0.3) is 10.2 Å². The SMILES string of the molecule is Cc1nn(Cc2ccccc2Cl)c2sc(C(=O)N[C@@H](C)c3ccc(S(N)(=O)=O)cc3)cc12. The van der Waals surface area contributed by atoms with Crippen LogP contribution in [0.4, 0.5) is 0 Å². The number of hydrogen-bond donors (Lipinski definition) is 2. The van der Waals surface area contributed by atoms with E-state index in [-0.39, 0.29) is 16.8 Å². The van der Waals surface area contributed by atoms with Crippen molar-refractivity contribution in [1.82, 2.24) is 15.1 Å². The number of thiophene rings is 1. The Bertz CT molecular complexity index is 1410. The van der Waals surface area contributed by atoms with Crippen molar-refractivity contribution in [2.24, 2.45) is 5.14 Å². The summed E-state index contributed by atoms with van der Waals surface area (Å²) in [6, 6.07) is 15.3. The van der Waals surface area contributed by atoms with E-state index >= 15 is 0 Å². The fourth-order valence-electron chi connectivity index (χ4n) is 3.42. The smallest absolute Gasteiger partial charge is 0.261 e. The molecule has 7 nitrogen and oxygen atoms in total. The van der Waals surface area contributed by atoms with Gasteiger partial charge in [-0.3, -0.25) is 9.48 Å². The minimum absolute atomic E-state index is 0.0304. The number of fused-ring (bicyclic) bond motifs is 1. The number of carbonyl (C=O) groups excluding carboxylic acids is 1. The standard InChI is InChI=1S/C22H21ClN4O3S2/c1-13(15-7-9-17(10-8-15)32(24,29)30)25-21(28)20-11-18-14(2)26-27(22(18)31-20)12-16-5-3-4-6-19(16)23/h3-11,13H,12H2,1-2H3,(H,25,28)(H2,24,29,30)/t13-/m0/s1. The van der Waals surface area contributed by atoms with Crippen LogP contribution in [0.1, 0.15) is 39.5 Å². The molecule has 166 valence electrons. The summed E-state index contributed by atoms with van der Waals surface area (Å²) in [4.78, 5) is 14.4. The molecule has 2 heterocycles. The monoisotopic (exact) mass is 488 g/mol. The fourth-order valence-corrected chi connectivity index (χ4v) is 5.19. The third kappa shape index (κ3) is 4.56. The first-order chi connectivity index (χ1) is 15.1. The van der Waals surface area contributed by atoms with Gasteiger partial charge in [-0.1, -0.05) is 41.9 Å². The number of nitrogens with one attached hydrogen (secondary N) is 1. The number of rotatable bonds is 6. The van der Waals surface area contributed by atoms with Crippen LogP contribution < -0.4 is 10.5 Å². The number of benzene rings is 2. The van der Waals surface area contributed by atoms with Gasteiger partial charge in [0.2, 0.25) is 10.0 Å². The number of aryl methyl sites for hydroxylation is 1. The zero-order valence-electron chi connectivity index (χ0n) is 17.4. The van der Waals surface area contributed by atoms with Crippen molar-refractivity contribution in [2.75, 3.05) is 0 Å². The number of carbonyl (C=O) groups is 1. The third-order valence-corrected chi connectivity index (χ3v) is 7.61. The highest BCUT2D eigenvalue weighted by Crippen LogP contribution is 2.30. The lowest BCUT2D eigenvalue weighted by Crippen LogP contribution is -2.26. The molecule has 4 aromatic rings. The quantitative estimate of drug-likeness (QED) is 0.423. The van der Waals surface area contributed by atoms with Crippen molar-refractivity contribution in [2.45, 2.75) is 31.3 Å². The molecule has 32 heavy (non-hydrogen) atoms. The number of nitrogens with two attached hydrogens (primary N) is 1. The van der Waals surface area contributed by atoms with Crippen LogP contribution in [-0.4, -0.2) is 24.1 Å². The number of halogens is 1. The highest BCUT2D eigenvalue weighted by atomic mass is 35.5. The lowest BCUT2D eigenvalue weighted by molar-refractivity contribution is 0.0944. The molecule has 2 aromatic carbocycles. The van der Waals surface area contributed by atoms with E-state index in [4.69, 9.17) is 16.7 Å². The van der Waals surface area contributed by atoms with E-state index in [0.29, 0.717) is 16.4 Å². The molecule has 0 aliphatic heterocycles. The lowest BCUT2D eigenvalue weighted by Gasteiger charge is -2.14. The Morgan fingerprint density at radius 1 is 1.22 bits per heavy atom. The van der Waals surface area contributed by atoms with E-state index in [1.807, 2.05) is 48.9 Å². The summed E-state index contributed by atoms with van der Waals surface area (Å²) in [7, 11) is -3.76. The fraction of sp³-hybridized carbons (Fsp3) is 0.182. The second kappa shape index (κ2) is 8.67. The molecule has 0 spiro atoms. The van der Waals surface area contributed by atoms with E-state index in [0.717, 1.165) is 27.0 Å². The summed E-state index contributed by atoms with van der Waals surface area (Å²) in [5.41, 5.74) is 2.57. The normalized spacial score (nSPS) is 12.8. The number of aromatic nitrogens is 2. The van der Waals surface area contributed by atoms with E-state index in [1.54, 1.807) is 12.1 Å². The van der Waals surface area contributed by atoms with Gasteiger partial charge in [-0.2, -0.15) is 5.10 Å². The van der Waals surface area contributed by atoms with Crippen molar-refractivity contribution in [3.63, 3.8) is 0 Å². The Balaban J connectivity index is 1.54. The van der Waals surface area contributed by atoms with Gasteiger partial charge in [0, 0.05) is 10.4 Å². The molecule has 0 fully saturated rings. The summed E-state index contributed by atoms with van der Waals surface area (Å²) < 4.78 is 24.7. The van der Waals surface area contributed by atoms with Crippen molar-refractivity contribution in [1.29, 1.82) is 0 Å². The van der Waals surface area contributed by atoms with Crippen molar-refractivity contribution in [3.05, 3.63) is 81.3 Å². The molecular weight excluding hydrogens is 468 g/mol. The predicted molar refractivity (Wildman–Crippen MR) is 127 cm³/mol. The number of primary sulfonamides is 1. The maximum atomic E-state index is 12.9. The average Bonchev–Trinajstić information content (AvgIpc) is 3.30. The Labute approximate surface area is 194 Å². The molecule has 1 amide bonds. The zero-order chi connectivity index (χ0) is 23.0. The molecule has 0 unspecified atom stereocenters. The van der Waals surface area contributed by atoms with E-state index in [1.165, 1.54) is 23.5 Å². The molecular formula is C22H21ClN4O3S2. The second-order valence-corrected chi connectivity index (χ2v) is 10.5. The predicted octanol–water partition coefficient (Wildman–Crippen LogP) is 4.25. The lowest BCUT2D eigenvalue weighted by atomic mass is 10.1. The summed E-state index contributed by atoms with van der Waals surface area (Å²) in [6.45, 7) is 4.26. The molecule has 0 saturated heterocycles. The van der Waals surface area contributed by atoms with Crippen LogP contribution in [0.5, 0.6) is 0 Å². The van der Waals surface area contributed by atoms with Gasteiger partial charge in [-0.15, -0.1) is 11.3 Å². The van der Waals surface area contributed by atoms with Crippen LogP contribution in [0.2, 0.25) is 5.02 Å². The molecule has 0 aliphatic rings. The van der Waals surface area contributed by atoms with Gasteiger partial charge in [-0.05, 0) is 49.2 Å². The van der Waals surface area contributed by atoms with E-state index in [2.05, 4.69) is 10.4 Å².